The number of amides is 8. The summed E-state index contributed by atoms with van der Waals surface area (Å²) in [6, 6.07) is 7.84. The number of allylic oxidation sites excluding steroid dienone is 2. The lowest BCUT2D eigenvalue weighted by molar-refractivity contribution is -0.138. The van der Waals surface area contributed by atoms with Crippen LogP contribution in [0.4, 0.5) is 9.59 Å². The minimum absolute atomic E-state index is 0.0298. The molecule has 6 rings (SSSR count). The van der Waals surface area contributed by atoms with E-state index in [0.717, 1.165) is 0 Å². The summed E-state index contributed by atoms with van der Waals surface area (Å²) in [5.41, 5.74) is 12.0. The average molecular weight is 502 g/mol. The molecular weight excluding hydrogens is 480 g/mol. The van der Waals surface area contributed by atoms with Crippen molar-refractivity contribution >= 4 is 46.5 Å². The van der Waals surface area contributed by atoms with Gasteiger partial charge in [-0.15, -0.1) is 0 Å². The lowest BCUT2D eigenvalue weighted by atomic mass is 9.57. The van der Waals surface area contributed by atoms with Crippen molar-refractivity contribution in [3.63, 3.8) is 0 Å². The maximum atomic E-state index is 13.5. The molecule has 0 aromatic heterocycles. The second-order valence-corrected chi connectivity index (χ2v) is 9.94. The van der Waals surface area contributed by atoms with Crippen molar-refractivity contribution in [1.82, 2.24) is 9.80 Å². The highest BCUT2D eigenvalue weighted by Crippen LogP contribution is 2.58. The van der Waals surface area contributed by atoms with Gasteiger partial charge in [-0.05, 0) is 35.8 Å². The number of rotatable bonds is 1. The number of nitrogens with two attached hydrogens (primary N) is 2. The van der Waals surface area contributed by atoms with Gasteiger partial charge >= 0.3 is 12.1 Å². The molecule has 2 aliphatic carbocycles. The number of carbonyl (C=O) groups excluding carboxylic acids is 6. The van der Waals surface area contributed by atoms with E-state index in [0.29, 0.717) is 31.7 Å². The standard InChI is InChI=1S/C26H22N4O7/c27-25(36)29-21(32)14-6-5-13-15(19(14)23(29)34)9-16-20(24(35)30(22(16)33)26(28)37)18(13)12-7-8-17(31)11-4-2-1-3-10(11)12/h1-5,7-8,14-16,18-20,31H,6,9H2,(H2,27,36)(H2,28,37). The first-order chi connectivity index (χ1) is 17.6. The Morgan fingerprint density at radius 3 is 2.00 bits per heavy atom. The second-order valence-electron chi connectivity index (χ2n) is 9.94. The summed E-state index contributed by atoms with van der Waals surface area (Å²) in [5, 5.41) is 11.6. The highest BCUT2D eigenvalue weighted by molar-refractivity contribution is 6.18. The first-order valence-electron chi connectivity index (χ1n) is 11.9. The van der Waals surface area contributed by atoms with Gasteiger partial charge in [0.25, 0.3) is 0 Å². The fourth-order valence-corrected chi connectivity index (χ4v) is 6.95. The molecule has 5 N–H and O–H groups in total. The molecule has 8 amide bonds. The van der Waals surface area contributed by atoms with Gasteiger partial charge in [0.15, 0.2) is 0 Å². The fourth-order valence-electron chi connectivity index (χ4n) is 6.95. The number of carbonyl (C=O) groups is 6. The third-order valence-electron chi connectivity index (χ3n) is 8.36. The van der Waals surface area contributed by atoms with Crippen LogP contribution in [-0.4, -0.2) is 50.6 Å². The Kier molecular flexibility index (Phi) is 4.78. The molecule has 11 heteroatoms. The molecule has 0 bridgehead atoms. The molecule has 188 valence electrons. The number of urea groups is 2. The smallest absolute Gasteiger partial charge is 0.328 e. The molecule has 0 radical (unpaired) electrons. The topological polar surface area (TPSA) is 181 Å². The molecule has 2 aromatic rings. The van der Waals surface area contributed by atoms with E-state index in [1.807, 2.05) is 0 Å². The van der Waals surface area contributed by atoms with Crippen LogP contribution in [0.1, 0.15) is 24.3 Å². The largest absolute Gasteiger partial charge is 0.507 e. The molecule has 6 unspecified atom stereocenters. The molecule has 1 saturated carbocycles. The zero-order valence-corrected chi connectivity index (χ0v) is 19.4. The first-order valence-corrected chi connectivity index (χ1v) is 11.9. The van der Waals surface area contributed by atoms with Crippen LogP contribution in [0.25, 0.3) is 10.8 Å². The number of fused-ring (bicyclic) bond motifs is 5. The minimum atomic E-state index is -1.18. The van der Waals surface area contributed by atoms with Crippen molar-refractivity contribution in [2.45, 2.75) is 18.8 Å². The molecule has 0 spiro atoms. The maximum Gasteiger partial charge on any atom is 0.328 e. The number of hydrogen-bond donors (Lipinski definition) is 3. The number of benzene rings is 2. The quantitative estimate of drug-likeness (QED) is 0.388. The fraction of sp³-hybridized carbons (Fsp3) is 0.308. The van der Waals surface area contributed by atoms with Crippen LogP contribution in [0.15, 0.2) is 48.0 Å². The molecule has 3 fully saturated rings. The molecule has 4 aliphatic rings. The Morgan fingerprint density at radius 2 is 1.35 bits per heavy atom. The van der Waals surface area contributed by atoms with Gasteiger partial charge < -0.3 is 16.6 Å². The molecule has 2 heterocycles. The van der Waals surface area contributed by atoms with Crippen molar-refractivity contribution in [3.8, 4) is 5.75 Å². The van der Waals surface area contributed by atoms with Crippen LogP contribution in [0.2, 0.25) is 0 Å². The Bertz CT molecular complexity index is 1500. The Hall–Kier alpha value is -4.54. The maximum absolute atomic E-state index is 13.5. The second kappa shape index (κ2) is 7.73. The number of primary amides is 2. The lowest BCUT2D eigenvalue weighted by Gasteiger charge is -2.44. The summed E-state index contributed by atoms with van der Waals surface area (Å²) >= 11 is 0. The van der Waals surface area contributed by atoms with E-state index >= 15 is 0 Å². The summed E-state index contributed by atoms with van der Waals surface area (Å²) in [5.74, 6) is -7.92. The molecule has 37 heavy (non-hydrogen) atoms. The van der Waals surface area contributed by atoms with Gasteiger partial charge in [-0.2, -0.15) is 9.80 Å². The number of phenolic OH excluding ortho intramolecular Hbond substituents is 1. The van der Waals surface area contributed by atoms with E-state index in [1.165, 1.54) is 6.07 Å². The number of nitrogens with zero attached hydrogens (tertiary/aromatic N) is 2. The van der Waals surface area contributed by atoms with E-state index in [4.69, 9.17) is 11.5 Å². The van der Waals surface area contributed by atoms with Gasteiger partial charge in [-0.25, -0.2) is 9.59 Å². The number of hydrogen-bond acceptors (Lipinski definition) is 7. The van der Waals surface area contributed by atoms with Gasteiger partial charge in [0.1, 0.15) is 5.75 Å². The van der Waals surface area contributed by atoms with E-state index in [-0.39, 0.29) is 18.6 Å². The Morgan fingerprint density at radius 1 is 0.757 bits per heavy atom. The summed E-state index contributed by atoms with van der Waals surface area (Å²) in [6.45, 7) is 0. The van der Waals surface area contributed by atoms with Crippen LogP contribution >= 0.6 is 0 Å². The van der Waals surface area contributed by atoms with E-state index < -0.39 is 71.2 Å². The van der Waals surface area contributed by atoms with Crippen LogP contribution in [0, 0.1) is 29.6 Å². The predicted octanol–water partition coefficient (Wildman–Crippen LogP) is 1.34. The highest BCUT2D eigenvalue weighted by atomic mass is 16.3. The normalized spacial score (nSPS) is 30.8. The zero-order valence-electron chi connectivity index (χ0n) is 19.4. The summed E-state index contributed by atoms with van der Waals surface area (Å²) in [4.78, 5) is 77.8. The molecule has 2 aliphatic heterocycles. The van der Waals surface area contributed by atoms with Crippen LogP contribution in [0.5, 0.6) is 5.75 Å². The molecular formula is C26H22N4O7. The number of likely N-dealkylation sites (tertiary alicyclic amines) is 2. The molecule has 11 nitrogen and oxygen atoms in total. The first kappa shape index (κ1) is 22.9. The van der Waals surface area contributed by atoms with Crippen molar-refractivity contribution in [3.05, 3.63) is 53.6 Å². The van der Waals surface area contributed by atoms with E-state index in [2.05, 4.69) is 0 Å². The summed E-state index contributed by atoms with van der Waals surface area (Å²) in [6.07, 6.45) is 1.98. The number of phenols is 1. The van der Waals surface area contributed by atoms with Crippen LogP contribution in [-0.2, 0) is 19.2 Å². The highest BCUT2D eigenvalue weighted by Gasteiger charge is 2.63. The number of imide groups is 6. The van der Waals surface area contributed by atoms with Crippen LogP contribution < -0.4 is 11.5 Å². The lowest BCUT2D eigenvalue weighted by Crippen LogP contribution is -2.44. The summed E-state index contributed by atoms with van der Waals surface area (Å²) in [7, 11) is 0. The Balaban J connectivity index is 1.57. The average Bonchev–Trinajstić information content (AvgIpc) is 3.27. The monoisotopic (exact) mass is 502 g/mol. The predicted molar refractivity (Wildman–Crippen MR) is 126 cm³/mol. The Labute approximate surface area is 209 Å². The van der Waals surface area contributed by atoms with Crippen molar-refractivity contribution in [2.75, 3.05) is 0 Å². The van der Waals surface area contributed by atoms with Gasteiger partial charge in [-0.3, -0.25) is 19.2 Å². The number of aromatic hydroxyl groups is 1. The summed E-state index contributed by atoms with van der Waals surface area (Å²) < 4.78 is 0. The van der Waals surface area contributed by atoms with Gasteiger partial charge in [-0.1, -0.05) is 42.0 Å². The van der Waals surface area contributed by atoms with E-state index in [1.54, 1.807) is 36.4 Å². The SMILES string of the molecule is NC(=O)N1C(=O)C2CC=C3C(CC4C(=O)N(C(N)=O)C(=O)C4C3c3ccc(O)c4ccccc34)C2C1=O. The zero-order chi connectivity index (χ0) is 26.3. The van der Waals surface area contributed by atoms with Gasteiger partial charge in [0.05, 0.1) is 23.7 Å². The van der Waals surface area contributed by atoms with Crippen molar-refractivity contribution < 1.29 is 33.9 Å². The molecule has 2 saturated heterocycles. The minimum Gasteiger partial charge on any atom is -0.507 e. The molecule has 2 aromatic carbocycles. The third-order valence-corrected chi connectivity index (χ3v) is 8.36. The molecule has 6 atom stereocenters. The third kappa shape index (κ3) is 2.93. The van der Waals surface area contributed by atoms with Gasteiger partial charge in [0, 0.05) is 11.3 Å². The van der Waals surface area contributed by atoms with Crippen molar-refractivity contribution in [2.24, 2.45) is 41.1 Å². The van der Waals surface area contributed by atoms with Gasteiger partial charge in [0.2, 0.25) is 23.6 Å². The van der Waals surface area contributed by atoms with Crippen LogP contribution in [0.3, 0.4) is 0 Å². The van der Waals surface area contributed by atoms with Crippen molar-refractivity contribution in [1.29, 1.82) is 0 Å². The van der Waals surface area contributed by atoms with E-state index in [9.17, 15) is 33.9 Å².